The summed E-state index contributed by atoms with van der Waals surface area (Å²) in [6, 6.07) is 8.37. The molecule has 1 amide bonds. The van der Waals surface area contributed by atoms with E-state index in [9.17, 15) is 4.79 Å². The number of nitrogens with zero attached hydrogens (tertiary/aromatic N) is 1. The van der Waals surface area contributed by atoms with Crippen LogP contribution < -0.4 is 5.32 Å². The Morgan fingerprint density at radius 3 is 2.30 bits per heavy atom. The Bertz CT molecular complexity index is 440. The van der Waals surface area contributed by atoms with E-state index in [0.29, 0.717) is 5.92 Å². The van der Waals surface area contributed by atoms with Gasteiger partial charge >= 0.3 is 0 Å². The molecule has 0 aliphatic rings. The van der Waals surface area contributed by atoms with Gasteiger partial charge in [-0.3, -0.25) is 10.1 Å². The molecule has 0 saturated heterocycles. The van der Waals surface area contributed by atoms with E-state index in [2.05, 4.69) is 45.1 Å². The molecule has 0 bridgehead atoms. The van der Waals surface area contributed by atoms with E-state index in [-0.39, 0.29) is 18.0 Å². The quantitative estimate of drug-likeness (QED) is 0.865. The lowest BCUT2D eigenvalue weighted by Gasteiger charge is -2.27. The molecule has 0 aliphatic carbocycles. The monoisotopic (exact) mass is 276 g/mol. The van der Waals surface area contributed by atoms with Gasteiger partial charge in [0.05, 0.1) is 6.04 Å². The van der Waals surface area contributed by atoms with Gasteiger partial charge in [-0.05, 0) is 37.3 Å². The molecule has 20 heavy (non-hydrogen) atoms. The Balaban J connectivity index is 2.84. The maximum absolute atomic E-state index is 12.3. The lowest BCUT2D eigenvalue weighted by molar-refractivity contribution is -0.131. The first-order valence-electron chi connectivity index (χ1n) is 7.35. The van der Waals surface area contributed by atoms with Crippen LogP contribution in [0.15, 0.2) is 24.3 Å². The van der Waals surface area contributed by atoms with E-state index in [0.717, 1.165) is 6.42 Å². The lowest BCUT2D eigenvalue weighted by atomic mass is 9.98. The number of benzene rings is 1. The molecule has 0 spiro atoms. The lowest BCUT2D eigenvalue weighted by Crippen LogP contribution is -2.45. The summed E-state index contributed by atoms with van der Waals surface area (Å²) in [5.74, 6) is 0.639. The van der Waals surface area contributed by atoms with Crippen molar-refractivity contribution in [2.24, 2.45) is 5.92 Å². The number of carbonyl (C=O) groups is 1. The van der Waals surface area contributed by atoms with E-state index >= 15 is 0 Å². The molecule has 0 aromatic heterocycles. The predicted molar refractivity (Wildman–Crippen MR) is 84.7 cm³/mol. The number of hydrogen-bond acceptors (Lipinski definition) is 2. The van der Waals surface area contributed by atoms with Crippen LogP contribution in [0.4, 0.5) is 0 Å². The summed E-state index contributed by atoms with van der Waals surface area (Å²) in [6.07, 6.45) is 0.854. The van der Waals surface area contributed by atoms with Crippen molar-refractivity contribution in [3.05, 3.63) is 35.4 Å². The molecule has 3 nitrogen and oxygen atoms in total. The molecule has 1 N–H and O–H groups in total. The second-order valence-electron chi connectivity index (χ2n) is 6.16. The maximum Gasteiger partial charge on any atom is 0.239 e. The summed E-state index contributed by atoms with van der Waals surface area (Å²) >= 11 is 0. The van der Waals surface area contributed by atoms with Crippen molar-refractivity contribution in [3.8, 4) is 0 Å². The van der Waals surface area contributed by atoms with E-state index in [1.165, 1.54) is 11.1 Å². The molecule has 1 aromatic rings. The van der Waals surface area contributed by atoms with Crippen molar-refractivity contribution < 1.29 is 4.79 Å². The first-order chi connectivity index (χ1) is 9.32. The van der Waals surface area contributed by atoms with Crippen LogP contribution in [0.5, 0.6) is 0 Å². The van der Waals surface area contributed by atoms with Crippen LogP contribution in [0.1, 0.15) is 44.4 Å². The molecule has 2 atom stereocenters. The smallest absolute Gasteiger partial charge is 0.239 e. The number of carbonyl (C=O) groups excluding carboxylic acids is 1. The van der Waals surface area contributed by atoms with Gasteiger partial charge in [-0.15, -0.1) is 0 Å². The molecule has 0 fully saturated rings. The van der Waals surface area contributed by atoms with Crippen molar-refractivity contribution in [3.63, 3.8) is 0 Å². The summed E-state index contributed by atoms with van der Waals surface area (Å²) in [6.45, 7) is 8.53. The van der Waals surface area contributed by atoms with E-state index in [4.69, 9.17) is 0 Å². The van der Waals surface area contributed by atoms with Gasteiger partial charge in [0, 0.05) is 20.1 Å². The van der Waals surface area contributed by atoms with E-state index in [1.54, 1.807) is 4.90 Å². The normalized spacial score (nSPS) is 14.2. The highest BCUT2D eigenvalue weighted by atomic mass is 16.2. The Morgan fingerprint density at radius 2 is 1.80 bits per heavy atom. The Kier molecular flexibility index (Phi) is 6.21. The number of amides is 1. The van der Waals surface area contributed by atoms with Crippen molar-refractivity contribution in [1.29, 1.82) is 0 Å². The van der Waals surface area contributed by atoms with Crippen LogP contribution in [0.3, 0.4) is 0 Å². The van der Waals surface area contributed by atoms with Crippen molar-refractivity contribution in [2.45, 2.75) is 46.2 Å². The van der Waals surface area contributed by atoms with Gasteiger partial charge in [-0.2, -0.15) is 0 Å². The second kappa shape index (κ2) is 7.44. The highest BCUT2D eigenvalue weighted by molar-refractivity contribution is 5.81. The zero-order chi connectivity index (χ0) is 15.3. The minimum Gasteiger partial charge on any atom is -0.347 e. The Morgan fingerprint density at radius 1 is 1.20 bits per heavy atom. The first-order valence-corrected chi connectivity index (χ1v) is 7.35. The van der Waals surface area contributed by atoms with E-state index in [1.807, 2.05) is 26.2 Å². The summed E-state index contributed by atoms with van der Waals surface area (Å²) < 4.78 is 0. The average molecular weight is 276 g/mol. The number of aryl methyl sites for hydroxylation is 1. The van der Waals surface area contributed by atoms with Gasteiger partial charge in [-0.1, -0.05) is 38.1 Å². The van der Waals surface area contributed by atoms with Crippen LogP contribution in [-0.4, -0.2) is 30.9 Å². The number of rotatable bonds is 6. The molecule has 3 heteroatoms. The minimum absolute atomic E-state index is 0.125. The van der Waals surface area contributed by atoms with Crippen LogP contribution in [0, 0.1) is 12.8 Å². The van der Waals surface area contributed by atoms with Crippen molar-refractivity contribution in [1.82, 2.24) is 10.2 Å². The molecule has 0 heterocycles. The summed E-state index contributed by atoms with van der Waals surface area (Å²) in [4.78, 5) is 14.0. The molecule has 1 rings (SSSR count). The largest absolute Gasteiger partial charge is 0.347 e. The van der Waals surface area contributed by atoms with Gasteiger partial charge in [-0.25, -0.2) is 0 Å². The van der Waals surface area contributed by atoms with Crippen LogP contribution in [-0.2, 0) is 4.79 Å². The summed E-state index contributed by atoms with van der Waals surface area (Å²) in [5.41, 5.74) is 2.51. The van der Waals surface area contributed by atoms with Crippen LogP contribution in [0.25, 0.3) is 0 Å². The number of likely N-dealkylation sites (N-methyl/N-ethyl adjacent to an activating group) is 1. The van der Waals surface area contributed by atoms with Gasteiger partial charge in [0.1, 0.15) is 0 Å². The molecule has 0 aliphatic heterocycles. The zero-order valence-corrected chi connectivity index (χ0v) is 13.6. The second-order valence-corrected chi connectivity index (χ2v) is 6.16. The Hall–Kier alpha value is -1.35. The molecular formula is C17H28N2O. The number of nitrogens with one attached hydrogen (secondary N) is 1. The molecule has 1 aromatic carbocycles. The highest BCUT2D eigenvalue weighted by Gasteiger charge is 2.23. The molecule has 112 valence electrons. The Labute approximate surface area is 123 Å². The van der Waals surface area contributed by atoms with Gasteiger partial charge in [0.15, 0.2) is 0 Å². The first kappa shape index (κ1) is 16.7. The SMILES string of the molecule is Cc1ccccc1C(C)NC(CC(C)C)C(=O)N(C)C. The van der Waals surface area contributed by atoms with Gasteiger partial charge in [0.25, 0.3) is 0 Å². The molecule has 0 saturated carbocycles. The summed E-state index contributed by atoms with van der Waals surface area (Å²) in [7, 11) is 3.63. The third-order valence-electron chi connectivity index (χ3n) is 3.55. The van der Waals surface area contributed by atoms with Gasteiger partial charge < -0.3 is 4.90 Å². The van der Waals surface area contributed by atoms with Gasteiger partial charge in [0.2, 0.25) is 5.91 Å². The highest BCUT2D eigenvalue weighted by Crippen LogP contribution is 2.19. The maximum atomic E-state index is 12.3. The molecular weight excluding hydrogens is 248 g/mol. The van der Waals surface area contributed by atoms with Crippen molar-refractivity contribution in [2.75, 3.05) is 14.1 Å². The third-order valence-corrected chi connectivity index (χ3v) is 3.55. The number of hydrogen-bond donors (Lipinski definition) is 1. The van der Waals surface area contributed by atoms with Crippen LogP contribution >= 0.6 is 0 Å². The minimum atomic E-state index is -0.125. The third kappa shape index (κ3) is 4.64. The standard InChI is InChI=1S/C17H28N2O/c1-12(2)11-16(17(20)19(5)6)18-14(4)15-10-8-7-9-13(15)3/h7-10,12,14,16,18H,11H2,1-6H3. The molecule has 0 radical (unpaired) electrons. The fourth-order valence-electron chi connectivity index (χ4n) is 2.49. The average Bonchev–Trinajstić information content (AvgIpc) is 2.36. The zero-order valence-electron chi connectivity index (χ0n) is 13.6. The van der Waals surface area contributed by atoms with Crippen LogP contribution in [0.2, 0.25) is 0 Å². The summed E-state index contributed by atoms with van der Waals surface area (Å²) in [5, 5.41) is 3.50. The van der Waals surface area contributed by atoms with Crippen molar-refractivity contribution >= 4 is 5.91 Å². The van der Waals surface area contributed by atoms with E-state index < -0.39 is 0 Å². The fraction of sp³-hybridized carbons (Fsp3) is 0.588. The topological polar surface area (TPSA) is 32.3 Å². The molecule has 2 unspecified atom stereocenters. The fourth-order valence-corrected chi connectivity index (χ4v) is 2.49. The predicted octanol–water partition coefficient (Wildman–Crippen LogP) is 3.15.